The van der Waals surface area contributed by atoms with Crippen LogP contribution in [-0.2, 0) is 3.79 Å². The van der Waals surface area contributed by atoms with Crippen LogP contribution in [-0.4, -0.2) is 18.7 Å². The Labute approximate surface area is 157 Å². The molecule has 1 heterocycles. The minimum atomic E-state index is -1.76. The Bertz CT molecular complexity index is 676. The number of alkyl halides is 6. The van der Waals surface area contributed by atoms with Gasteiger partial charge in [0.05, 0.1) is 0 Å². The summed E-state index contributed by atoms with van der Waals surface area (Å²) in [5, 5.41) is 0. The van der Waals surface area contributed by atoms with Crippen LogP contribution in [0.15, 0.2) is 36.9 Å². The molecule has 0 saturated heterocycles. The summed E-state index contributed by atoms with van der Waals surface area (Å²) >= 11 is 35.9. The van der Waals surface area contributed by atoms with Crippen LogP contribution < -0.4 is 0 Å². The van der Waals surface area contributed by atoms with E-state index in [1.807, 2.05) is 0 Å². The molecular weight excluding hydrogens is 411 g/mol. The number of hydrogen-bond acceptors (Lipinski definition) is 3. The van der Waals surface area contributed by atoms with Gasteiger partial charge in [-0.1, -0.05) is 93.9 Å². The summed E-state index contributed by atoms with van der Waals surface area (Å²) in [4.78, 5) is 11.7. The fourth-order valence-corrected chi connectivity index (χ4v) is 2.62. The minimum absolute atomic E-state index is 0.217. The zero-order valence-electron chi connectivity index (χ0n) is 10.7. The highest BCUT2D eigenvalue weighted by molar-refractivity contribution is 6.73. The van der Waals surface area contributed by atoms with E-state index >= 15 is 0 Å². The summed E-state index contributed by atoms with van der Waals surface area (Å²) in [6, 6.07) is 6.92. The van der Waals surface area contributed by atoms with Crippen LogP contribution in [0.4, 0.5) is 0 Å². The van der Waals surface area contributed by atoms with Crippen LogP contribution in [0.2, 0.25) is 0 Å². The summed E-state index contributed by atoms with van der Waals surface area (Å²) in [7, 11) is 0. The quantitative estimate of drug-likeness (QED) is 0.596. The molecule has 116 valence electrons. The molecule has 0 atom stereocenters. The zero-order valence-corrected chi connectivity index (χ0v) is 15.2. The molecule has 0 saturated carbocycles. The predicted molar refractivity (Wildman–Crippen MR) is 93.7 cm³/mol. The Morgan fingerprint density at radius 1 is 0.909 bits per heavy atom. The van der Waals surface area contributed by atoms with Crippen LogP contribution in [0.5, 0.6) is 0 Å². The average molecular weight is 418 g/mol. The second-order valence-corrected chi connectivity index (χ2v) is 8.67. The highest BCUT2D eigenvalue weighted by Gasteiger charge is 2.31. The van der Waals surface area contributed by atoms with E-state index in [0.717, 1.165) is 0 Å². The summed E-state index contributed by atoms with van der Waals surface area (Å²) in [6.45, 7) is 0. The summed E-state index contributed by atoms with van der Waals surface area (Å²) < 4.78 is -3.38. The SMILES string of the molecule is ClC(Cl)(Cl)C(=Cc1ccccc1C(Cl)(Cl)Cl)c1ncncn1. The molecule has 1 aromatic carbocycles. The van der Waals surface area contributed by atoms with Crippen LogP contribution in [0, 0.1) is 0 Å². The van der Waals surface area contributed by atoms with E-state index in [2.05, 4.69) is 15.0 Å². The molecule has 0 spiro atoms. The molecule has 0 unspecified atom stereocenters. The fourth-order valence-electron chi connectivity index (χ4n) is 1.69. The lowest BCUT2D eigenvalue weighted by atomic mass is 10.1. The van der Waals surface area contributed by atoms with Gasteiger partial charge in [-0.05, 0) is 11.6 Å². The van der Waals surface area contributed by atoms with Crippen molar-refractivity contribution in [3.8, 4) is 0 Å². The van der Waals surface area contributed by atoms with Gasteiger partial charge >= 0.3 is 0 Å². The van der Waals surface area contributed by atoms with E-state index in [-0.39, 0.29) is 11.4 Å². The zero-order chi connectivity index (χ0) is 16.4. The molecule has 0 fully saturated rings. The lowest BCUT2D eigenvalue weighted by molar-refractivity contribution is 1.01. The molecule has 22 heavy (non-hydrogen) atoms. The molecule has 0 aliphatic heterocycles. The maximum atomic E-state index is 6.01. The van der Waals surface area contributed by atoms with Crippen LogP contribution in [0.3, 0.4) is 0 Å². The van der Waals surface area contributed by atoms with Crippen LogP contribution in [0.25, 0.3) is 11.6 Å². The maximum Gasteiger partial charge on any atom is 0.219 e. The maximum absolute atomic E-state index is 6.01. The van der Waals surface area contributed by atoms with E-state index in [1.54, 1.807) is 30.3 Å². The molecule has 2 aromatic rings. The Hall–Kier alpha value is -0.290. The molecule has 0 radical (unpaired) electrons. The van der Waals surface area contributed by atoms with Gasteiger partial charge in [-0.25, -0.2) is 15.0 Å². The second kappa shape index (κ2) is 7.08. The third-order valence-electron chi connectivity index (χ3n) is 2.61. The number of hydrogen-bond donors (Lipinski definition) is 0. The Balaban J connectivity index is 2.62. The van der Waals surface area contributed by atoms with Gasteiger partial charge in [-0.3, -0.25) is 0 Å². The fraction of sp³-hybridized carbons (Fsp3) is 0.154. The van der Waals surface area contributed by atoms with Crippen LogP contribution >= 0.6 is 69.6 Å². The van der Waals surface area contributed by atoms with Gasteiger partial charge in [0.25, 0.3) is 0 Å². The predicted octanol–water partition coefficient (Wildman–Crippen LogP) is 5.61. The number of allylic oxidation sites excluding steroid dienone is 1. The molecule has 9 heteroatoms. The van der Waals surface area contributed by atoms with Crippen LogP contribution in [0.1, 0.15) is 17.0 Å². The topological polar surface area (TPSA) is 38.7 Å². The smallest absolute Gasteiger partial charge is 0.219 e. The molecule has 0 aliphatic rings. The largest absolute Gasteiger partial charge is 0.225 e. The van der Waals surface area contributed by atoms with Crippen molar-refractivity contribution in [1.82, 2.24) is 15.0 Å². The summed E-state index contributed by atoms with van der Waals surface area (Å²) in [5.74, 6) is 0.217. The first kappa shape index (κ1) is 18.1. The molecule has 0 N–H and O–H groups in total. The van der Waals surface area contributed by atoms with Crippen molar-refractivity contribution >= 4 is 81.3 Å². The van der Waals surface area contributed by atoms with E-state index in [0.29, 0.717) is 11.1 Å². The van der Waals surface area contributed by atoms with Crippen molar-refractivity contribution < 1.29 is 0 Å². The summed E-state index contributed by atoms with van der Waals surface area (Å²) in [6.07, 6.45) is 4.17. The molecule has 2 rings (SSSR count). The normalized spacial score (nSPS) is 13.3. The third kappa shape index (κ3) is 4.60. The molecule has 0 bridgehead atoms. The van der Waals surface area contributed by atoms with Gasteiger partial charge < -0.3 is 0 Å². The number of halogens is 6. The van der Waals surface area contributed by atoms with E-state index < -0.39 is 7.59 Å². The van der Waals surface area contributed by atoms with E-state index in [9.17, 15) is 0 Å². The van der Waals surface area contributed by atoms with Crippen molar-refractivity contribution in [2.75, 3.05) is 0 Å². The monoisotopic (exact) mass is 415 g/mol. The first-order valence-electron chi connectivity index (χ1n) is 5.77. The van der Waals surface area contributed by atoms with E-state index in [4.69, 9.17) is 69.6 Å². The minimum Gasteiger partial charge on any atom is -0.225 e. The van der Waals surface area contributed by atoms with Crippen molar-refractivity contribution in [3.63, 3.8) is 0 Å². The Morgan fingerprint density at radius 3 is 2.05 bits per heavy atom. The van der Waals surface area contributed by atoms with Gasteiger partial charge in [0, 0.05) is 11.1 Å². The number of nitrogens with zero attached hydrogens (tertiary/aromatic N) is 3. The van der Waals surface area contributed by atoms with Gasteiger partial charge in [0.1, 0.15) is 12.7 Å². The Morgan fingerprint density at radius 2 is 1.50 bits per heavy atom. The standard InChI is InChI=1S/C13H7Cl6N3/c14-12(15,16)9-4-2-1-3-8(9)5-10(13(17,18)19)11-21-6-20-7-22-11/h1-7H. The molecular formula is C13H7Cl6N3. The van der Waals surface area contributed by atoms with Crippen molar-refractivity contribution in [2.45, 2.75) is 7.59 Å². The van der Waals surface area contributed by atoms with Gasteiger partial charge in [-0.15, -0.1) is 0 Å². The lowest BCUT2D eigenvalue weighted by Crippen LogP contribution is -2.10. The highest BCUT2D eigenvalue weighted by Crippen LogP contribution is 2.44. The lowest BCUT2D eigenvalue weighted by Gasteiger charge is -2.18. The highest BCUT2D eigenvalue weighted by atomic mass is 35.6. The van der Waals surface area contributed by atoms with Gasteiger partial charge in [0.2, 0.25) is 7.59 Å². The number of aromatic nitrogens is 3. The van der Waals surface area contributed by atoms with Crippen molar-refractivity contribution in [3.05, 3.63) is 53.9 Å². The van der Waals surface area contributed by atoms with Crippen molar-refractivity contribution in [1.29, 1.82) is 0 Å². The summed E-state index contributed by atoms with van der Waals surface area (Å²) in [5.41, 5.74) is 1.26. The average Bonchev–Trinajstić information content (AvgIpc) is 2.44. The van der Waals surface area contributed by atoms with E-state index in [1.165, 1.54) is 12.7 Å². The molecule has 1 aromatic heterocycles. The first-order chi connectivity index (χ1) is 10.2. The van der Waals surface area contributed by atoms with Crippen molar-refractivity contribution in [2.24, 2.45) is 0 Å². The molecule has 0 aliphatic carbocycles. The van der Waals surface area contributed by atoms with Gasteiger partial charge in [0.15, 0.2) is 5.82 Å². The third-order valence-corrected chi connectivity index (χ3v) is 3.83. The Kier molecular flexibility index (Phi) is 5.81. The number of rotatable bonds is 2. The first-order valence-corrected chi connectivity index (χ1v) is 8.04. The molecule has 0 amide bonds. The second-order valence-electron chi connectivity index (χ2n) is 4.10. The molecule has 3 nitrogen and oxygen atoms in total. The van der Waals surface area contributed by atoms with Gasteiger partial charge in [-0.2, -0.15) is 0 Å². The number of benzene rings is 1.